The number of nitro benzene ring substituents is 1. The molecule has 0 spiro atoms. The number of hydrogen-bond donors (Lipinski definition) is 2. The van der Waals surface area contributed by atoms with Gasteiger partial charge in [-0.05, 0) is 35.0 Å². The molecule has 1 aromatic heterocycles. The normalized spacial score (nSPS) is 14.9. The van der Waals surface area contributed by atoms with Gasteiger partial charge in [0, 0.05) is 23.9 Å². The van der Waals surface area contributed by atoms with Crippen molar-refractivity contribution < 1.29 is 19.2 Å². The smallest absolute Gasteiger partial charge is 0.269 e. The van der Waals surface area contributed by atoms with Gasteiger partial charge in [0.1, 0.15) is 17.5 Å². The number of tetrazole rings is 1. The molecule has 1 atom stereocenters. The Hall–Kier alpha value is -4.48. The highest BCUT2D eigenvalue weighted by Gasteiger charge is 2.35. The van der Waals surface area contributed by atoms with Crippen LogP contribution in [0.25, 0.3) is 0 Å². The zero-order chi connectivity index (χ0) is 22.8. The Labute approximate surface area is 182 Å². The van der Waals surface area contributed by atoms with E-state index >= 15 is 0 Å². The van der Waals surface area contributed by atoms with Gasteiger partial charge in [0.05, 0.1) is 30.4 Å². The molecule has 0 aliphatic carbocycles. The highest BCUT2D eigenvalue weighted by atomic mass is 16.6. The largest absolute Gasteiger partial charge is 0.497 e. The quantitative estimate of drug-likeness (QED) is 0.438. The zero-order valence-electron chi connectivity index (χ0n) is 17.4. The van der Waals surface area contributed by atoms with Crippen molar-refractivity contribution >= 4 is 23.2 Å². The van der Waals surface area contributed by atoms with E-state index in [2.05, 4.69) is 26.2 Å². The summed E-state index contributed by atoms with van der Waals surface area (Å²) >= 11 is 0. The summed E-state index contributed by atoms with van der Waals surface area (Å²) in [4.78, 5) is 24.3. The van der Waals surface area contributed by atoms with Gasteiger partial charge in [-0.25, -0.2) is 0 Å². The lowest BCUT2D eigenvalue weighted by atomic mass is 9.94. The molecule has 0 fully saturated rings. The molecule has 12 heteroatoms. The Bertz CT molecular complexity index is 1240. The van der Waals surface area contributed by atoms with Crippen LogP contribution in [0.4, 0.5) is 17.3 Å². The van der Waals surface area contributed by atoms with Crippen LogP contribution in [0.15, 0.2) is 53.7 Å². The number of non-ortho nitro benzene ring substituents is 1. The van der Waals surface area contributed by atoms with Crippen LogP contribution in [0.2, 0.25) is 0 Å². The number of fused-ring (bicyclic) bond motifs is 1. The van der Waals surface area contributed by atoms with Crippen molar-refractivity contribution in [3.05, 3.63) is 69.4 Å². The molecule has 0 bridgehead atoms. The highest BCUT2D eigenvalue weighted by molar-refractivity contribution is 6.06. The van der Waals surface area contributed by atoms with E-state index in [1.165, 1.54) is 31.0 Å². The number of carbonyl (C=O) groups is 1. The van der Waals surface area contributed by atoms with Gasteiger partial charge in [-0.15, -0.1) is 0 Å². The predicted octanol–water partition coefficient (Wildman–Crippen LogP) is 2.53. The predicted molar refractivity (Wildman–Crippen MR) is 114 cm³/mol. The molecule has 2 heterocycles. The van der Waals surface area contributed by atoms with E-state index in [1.807, 2.05) is 0 Å². The average molecular weight is 437 g/mol. The van der Waals surface area contributed by atoms with Crippen LogP contribution < -0.4 is 20.1 Å². The second-order valence-electron chi connectivity index (χ2n) is 6.89. The number of aromatic nitrogens is 4. The molecule has 164 valence electrons. The molecule has 1 aliphatic heterocycles. The fraction of sp³-hybridized carbons (Fsp3) is 0.200. The lowest BCUT2D eigenvalue weighted by Crippen LogP contribution is -2.31. The van der Waals surface area contributed by atoms with Crippen molar-refractivity contribution in [3.8, 4) is 11.5 Å². The number of nitrogens with one attached hydrogen (secondary N) is 2. The first-order chi connectivity index (χ1) is 15.4. The van der Waals surface area contributed by atoms with E-state index in [1.54, 1.807) is 37.3 Å². The van der Waals surface area contributed by atoms with Crippen molar-refractivity contribution in [2.24, 2.45) is 0 Å². The third-order valence-electron chi connectivity index (χ3n) is 5.01. The molecule has 4 rings (SSSR count). The van der Waals surface area contributed by atoms with Gasteiger partial charge >= 0.3 is 0 Å². The van der Waals surface area contributed by atoms with Crippen LogP contribution in [-0.4, -0.2) is 45.3 Å². The van der Waals surface area contributed by atoms with Crippen molar-refractivity contribution in [2.45, 2.75) is 13.0 Å². The number of anilines is 2. The zero-order valence-corrected chi connectivity index (χ0v) is 17.4. The second kappa shape index (κ2) is 8.34. The summed E-state index contributed by atoms with van der Waals surface area (Å²) in [5, 5.41) is 28.7. The number of amides is 1. The van der Waals surface area contributed by atoms with E-state index in [4.69, 9.17) is 9.47 Å². The summed E-state index contributed by atoms with van der Waals surface area (Å²) in [6.07, 6.45) is 0. The SMILES string of the molecule is COc1ccc(OC)c(NC(=O)C2=C(C)Nc3nnnn3[C@H]2c2cccc([N+](=O)[O-])c2)c1. The number of carbonyl (C=O) groups excluding carboxylic acids is 1. The number of nitrogens with zero attached hydrogens (tertiary/aromatic N) is 5. The van der Waals surface area contributed by atoms with E-state index in [0.717, 1.165) is 0 Å². The standard InChI is InChI=1S/C20H19N7O5/c1-11-17(19(28)22-15-10-14(31-2)7-8-16(15)32-3)18(26-20(21-11)23-24-25-26)12-5-4-6-13(9-12)27(29)30/h4-10,18H,1-3H3,(H,22,28)(H,21,23,25)/t18-/m0/s1. The number of nitro groups is 1. The van der Waals surface area contributed by atoms with Crippen LogP contribution in [0.3, 0.4) is 0 Å². The summed E-state index contributed by atoms with van der Waals surface area (Å²) in [7, 11) is 3.01. The molecular weight excluding hydrogens is 418 g/mol. The van der Waals surface area contributed by atoms with Crippen LogP contribution in [0.5, 0.6) is 11.5 Å². The molecule has 2 N–H and O–H groups in total. The van der Waals surface area contributed by atoms with Crippen molar-refractivity contribution in [2.75, 3.05) is 24.9 Å². The Morgan fingerprint density at radius 1 is 1.22 bits per heavy atom. The molecule has 3 aromatic rings. The van der Waals surface area contributed by atoms with Gasteiger partial charge in [-0.2, -0.15) is 4.68 Å². The summed E-state index contributed by atoms with van der Waals surface area (Å²) in [5.74, 6) is 0.830. The molecule has 12 nitrogen and oxygen atoms in total. The van der Waals surface area contributed by atoms with Crippen LogP contribution in [0, 0.1) is 10.1 Å². The second-order valence-corrected chi connectivity index (χ2v) is 6.89. The Balaban J connectivity index is 1.78. The lowest BCUT2D eigenvalue weighted by molar-refractivity contribution is -0.384. The summed E-state index contributed by atoms with van der Waals surface area (Å²) in [6, 6.07) is 10.2. The van der Waals surface area contributed by atoms with Gasteiger partial charge in [0.15, 0.2) is 0 Å². The third kappa shape index (κ3) is 3.69. The van der Waals surface area contributed by atoms with Gasteiger partial charge < -0.3 is 20.1 Å². The molecule has 0 saturated carbocycles. The first kappa shape index (κ1) is 20.8. The molecule has 1 aliphatic rings. The van der Waals surface area contributed by atoms with E-state index in [0.29, 0.717) is 34.4 Å². The molecule has 32 heavy (non-hydrogen) atoms. The first-order valence-corrected chi connectivity index (χ1v) is 9.46. The van der Waals surface area contributed by atoms with Crippen molar-refractivity contribution in [1.82, 2.24) is 20.2 Å². The third-order valence-corrected chi connectivity index (χ3v) is 5.01. The maximum Gasteiger partial charge on any atom is 0.269 e. The fourth-order valence-electron chi connectivity index (χ4n) is 3.52. The Morgan fingerprint density at radius 2 is 2.03 bits per heavy atom. The molecule has 2 aromatic carbocycles. The lowest BCUT2D eigenvalue weighted by Gasteiger charge is -2.28. The number of ether oxygens (including phenoxy) is 2. The maximum atomic E-state index is 13.5. The average Bonchev–Trinajstić information content (AvgIpc) is 3.25. The van der Waals surface area contributed by atoms with E-state index in [9.17, 15) is 14.9 Å². The molecule has 0 saturated heterocycles. The topological polar surface area (TPSA) is 146 Å². The number of allylic oxidation sites excluding steroid dienone is 1. The minimum absolute atomic E-state index is 0.109. The maximum absolute atomic E-state index is 13.5. The van der Waals surface area contributed by atoms with Crippen LogP contribution in [-0.2, 0) is 4.79 Å². The molecular formula is C20H19N7O5. The first-order valence-electron chi connectivity index (χ1n) is 9.46. The Kier molecular flexibility index (Phi) is 5.41. The molecule has 0 radical (unpaired) electrons. The number of hydrogen-bond acceptors (Lipinski definition) is 9. The van der Waals surface area contributed by atoms with Crippen molar-refractivity contribution in [3.63, 3.8) is 0 Å². The number of methoxy groups -OCH3 is 2. The van der Waals surface area contributed by atoms with Crippen molar-refractivity contribution in [1.29, 1.82) is 0 Å². The van der Waals surface area contributed by atoms with Gasteiger partial charge in [0.25, 0.3) is 11.6 Å². The highest BCUT2D eigenvalue weighted by Crippen LogP contribution is 2.37. The Morgan fingerprint density at radius 3 is 2.75 bits per heavy atom. The van der Waals surface area contributed by atoms with Crippen LogP contribution in [0.1, 0.15) is 18.5 Å². The number of rotatable bonds is 6. The van der Waals surface area contributed by atoms with E-state index < -0.39 is 16.9 Å². The minimum atomic E-state index is -0.794. The van der Waals surface area contributed by atoms with Gasteiger partial charge in [-0.3, -0.25) is 14.9 Å². The van der Waals surface area contributed by atoms with Gasteiger partial charge in [0.2, 0.25) is 5.95 Å². The molecule has 1 amide bonds. The molecule has 0 unspecified atom stereocenters. The minimum Gasteiger partial charge on any atom is -0.497 e. The summed E-state index contributed by atoms with van der Waals surface area (Å²) in [6.45, 7) is 1.71. The van der Waals surface area contributed by atoms with E-state index in [-0.39, 0.29) is 11.3 Å². The fourth-order valence-corrected chi connectivity index (χ4v) is 3.52. The number of benzene rings is 2. The summed E-state index contributed by atoms with van der Waals surface area (Å²) in [5.41, 5.74) is 1.56. The van der Waals surface area contributed by atoms with Gasteiger partial charge in [-0.1, -0.05) is 17.2 Å². The summed E-state index contributed by atoms with van der Waals surface area (Å²) < 4.78 is 12.0. The monoisotopic (exact) mass is 437 g/mol. The van der Waals surface area contributed by atoms with Crippen LogP contribution >= 0.6 is 0 Å².